The summed E-state index contributed by atoms with van der Waals surface area (Å²) in [6.07, 6.45) is 96.2. The van der Waals surface area contributed by atoms with E-state index in [1.807, 2.05) is 21.1 Å². The first-order chi connectivity index (χ1) is 44.1. The van der Waals surface area contributed by atoms with Gasteiger partial charge in [-0.15, -0.1) is 0 Å². The fraction of sp³-hybridized carbons (Fsp3) is 0.741. The topological polar surface area (TPSA) is 111 Å². The van der Waals surface area contributed by atoms with Crippen molar-refractivity contribution in [3.8, 4) is 0 Å². The lowest BCUT2D eigenvalue weighted by molar-refractivity contribution is -0.870. The van der Waals surface area contributed by atoms with Crippen LogP contribution in [0.2, 0.25) is 0 Å². The van der Waals surface area contributed by atoms with Gasteiger partial charge in [0.1, 0.15) is 13.2 Å². The highest BCUT2D eigenvalue weighted by molar-refractivity contribution is 5.70. The molecule has 0 rings (SSSR count). The number of allylic oxidation sites excluding steroid dienone is 18. The van der Waals surface area contributed by atoms with Gasteiger partial charge >= 0.3 is 11.9 Å². The molecule has 2 unspecified atom stereocenters. The normalized spacial score (nSPS) is 13.3. The third kappa shape index (κ3) is 71.4. The fourth-order valence-electron chi connectivity index (χ4n) is 10.6. The highest BCUT2D eigenvalue weighted by Gasteiger charge is 2.22. The molecule has 0 aliphatic heterocycles. The number of nitrogens with zero attached hydrogens (tertiary/aromatic N) is 1. The molecule has 0 saturated heterocycles. The molecular formula is C81H141NO8. The van der Waals surface area contributed by atoms with Gasteiger partial charge in [-0.2, -0.15) is 0 Å². The number of quaternary nitrogens is 1. The molecule has 9 heteroatoms. The first-order valence-electron chi connectivity index (χ1n) is 37.5. The Morgan fingerprint density at radius 1 is 0.344 bits per heavy atom. The van der Waals surface area contributed by atoms with Crippen molar-refractivity contribution in [3.63, 3.8) is 0 Å². The van der Waals surface area contributed by atoms with E-state index in [0.717, 1.165) is 103 Å². The molecule has 0 N–H and O–H groups in total. The number of carbonyl (C=O) groups excluding carboxylic acids is 3. The molecule has 0 bridgehead atoms. The summed E-state index contributed by atoms with van der Waals surface area (Å²) in [6.45, 7) is 4.66. The van der Waals surface area contributed by atoms with Gasteiger partial charge in [0.2, 0.25) is 0 Å². The smallest absolute Gasteiger partial charge is 0.306 e. The second-order valence-corrected chi connectivity index (χ2v) is 26.2. The van der Waals surface area contributed by atoms with Gasteiger partial charge in [0.15, 0.2) is 12.4 Å². The van der Waals surface area contributed by atoms with E-state index in [-0.39, 0.29) is 38.6 Å². The van der Waals surface area contributed by atoms with E-state index in [1.165, 1.54) is 193 Å². The first-order valence-corrected chi connectivity index (χ1v) is 37.5. The number of ether oxygens (including phenoxy) is 4. The number of hydrogen-bond acceptors (Lipinski definition) is 8. The maximum Gasteiger partial charge on any atom is 0.306 e. The van der Waals surface area contributed by atoms with Crippen LogP contribution >= 0.6 is 0 Å². The molecule has 0 amide bonds. The Bertz CT molecular complexity index is 1850. The predicted octanol–water partition coefficient (Wildman–Crippen LogP) is 22.4. The monoisotopic (exact) mass is 1260 g/mol. The zero-order valence-corrected chi connectivity index (χ0v) is 59.2. The molecular weight excluding hydrogens is 1110 g/mol. The number of esters is 2. The largest absolute Gasteiger partial charge is 0.545 e. The van der Waals surface area contributed by atoms with E-state index in [1.54, 1.807) is 0 Å². The van der Waals surface area contributed by atoms with Gasteiger partial charge in [-0.1, -0.05) is 342 Å². The van der Waals surface area contributed by atoms with Gasteiger partial charge in [0.25, 0.3) is 0 Å². The van der Waals surface area contributed by atoms with E-state index in [2.05, 4.69) is 123 Å². The third-order valence-electron chi connectivity index (χ3n) is 16.3. The maximum absolute atomic E-state index is 12.9. The summed E-state index contributed by atoms with van der Waals surface area (Å²) in [5, 5.41) is 11.8. The van der Waals surface area contributed by atoms with Gasteiger partial charge in [-0.3, -0.25) is 9.59 Å². The zero-order chi connectivity index (χ0) is 65.4. The number of hydrogen-bond donors (Lipinski definition) is 0. The Balaban J connectivity index is 4.13. The molecule has 90 heavy (non-hydrogen) atoms. The van der Waals surface area contributed by atoms with Crippen LogP contribution in [0.1, 0.15) is 328 Å². The highest BCUT2D eigenvalue weighted by atomic mass is 16.7. The van der Waals surface area contributed by atoms with Crippen LogP contribution in [0.5, 0.6) is 0 Å². The average molecular weight is 1260 g/mol. The number of rotatable bonds is 69. The van der Waals surface area contributed by atoms with E-state index in [4.69, 9.17) is 18.9 Å². The number of carboxylic acid groups (broad SMARTS) is 1. The minimum absolute atomic E-state index is 0.142. The van der Waals surface area contributed by atoms with Crippen molar-refractivity contribution < 1.29 is 42.9 Å². The van der Waals surface area contributed by atoms with Crippen molar-refractivity contribution in [2.45, 2.75) is 341 Å². The van der Waals surface area contributed by atoms with Gasteiger partial charge in [-0.25, -0.2) is 0 Å². The van der Waals surface area contributed by atoms with E-state index < -0.39 is 24.3 Å². The summed E-state index contributed by atoms with van der Waals surface area (Å²) < 4.78 is 22.8. The van der Waals surface area contributed by atoms with Crippen molar-refractivity contribution in [3.05, 3.63) is 109 Å². The molecule has 0 fully saturated rings. The van der Waals surface area contributed by atoms with Crippen LogP contribution < -0.4 is 5.11 Å². The summed E-state index contributed by atoms with van der Waals surface area (Å²) in [5.74, 6) is -2.29. The Labute approximate surface area is 555 Å². The second kappa shape index (κ2) is 70.8. The second-order valence-electron chi connectivity index (χ2n) is 26.2. The van der Waals surface area contributed by atoms with Gasteiger partial charge < -0.3 is 33.3 Å². The average Bonchev–Trinajstić information content (AvgIpc) is 3.73. The van der Waals surface area contributed by atoms with Crippen LogP contribution in [0, 0.1) is 0 Å². The summed E-state index contributed by atoms with van der Waals surface area (Å²) in [6, 6.07) is 0. The number of carbonyl (C=O) groups is 3. The summed E-state index contributed by atoms with van der Waals surface area (Å²) in [7, 11) is 5.93. The van der Waals surface area contributed by atoms with Gasteiger partial charge in [0.05, 0.1) is 40.3 Å². The number of aliphatic carboxylic acids is 1. The lowest BCUT2D eigenvalue weighted by Crippen LogP contribution is -2.44. The molecule has 518 valence electrons. The molecule has 2 atom stereocenters. The van der Waals surface area contributed by atoms with Crippen LogP contribution in [0.15, 0.2) is 109 Å². The molecule has 9 nitrogen and oxygen atoms in total. The predicted molar refractivity (Wildman–Crippen MR) is 384 cm³/mol. The Morgan fingerprint density at radius 3 is 0.944 bits per heavy atom. The molecule has 0 aliphatic rings. The lowest BCUT2D eigenvalue weighted by atomic mass is 10.0. The van der Waals surface area contributed by atoms with Crippen LogP contribution in [-0.4, -0.2) is 82.3 Å². The molecule has 0 heterocycles. The minimum atomic E-state index is -1.63. The molecule has 0 saturated carbocycles. The fourth-order valence-corrected chi connectivity index (χ4v) is 10.6. The van der Waals surface area contributed by atoms with Crippen LogP contribution in [-0.2, 0) is 33.3 Å². The molecule has 0 aromatic rings. The summed E-state index contributed by atoms with van der Waals surface area (Å²) >= 11 is 0. The zero-order valence-electron chi connectivity index (χ0n) is 59.2. The number of likely N-dealkylation sites (N-methyl/N-ethyl adjacent to an activating group) is 1. The maximum atomic E-state index is 12.9. The number of carboxylic acids is 1. The Hall–Kier alpha value is -4.05. The van der Waals surface area contributed by atoms with Crippen LogP contribution in [0.25, 0.3) is 0 Å². The molecule has 0 aromatic carbocycles. The van der Waals surface area contributed by atoms with Crippen LogP contribution in [0.4, 0.5) is 0 Å². The van der Waals surface area contributed by atoms with E-state index >= 15 is 0 Å². The Kier molecular flexibility index (Phi) is 67.6. The Morgan fingerprint density at radius 2 is 0.633 bits per heavy atom. The summed E-state index contributed by atoms with van der Waals surface area (Å²) in [5.41, 5.74) is 0. The minimum Gasteiger partial charge on any atom is -0.545 e. The molecule has 0 radical (unpaired) electrons. The quantitative estimate of drug-likeness (QED) is 0.0195. The lowest BCUT2D eigenvalue weighted by Gasteiger charge is -2.26. The van der Waals surface area contributed by atoms with Crippen molar-refractivity contribution in [1.29, 1.82) is 0 Å². The first kappa shape index (κ1) is 85.9. The van der Waals surface area contributed by atoms with Gasteiger partial charge in [-0.05, 0) is 83.5 Å². The van der Waals surface area contributed by atoms with Gasteiger partial charge in [0, 0.05) is 12.8 Å². The van der Waals surface area contributed by atoms with Crippen molar-refractivity contribution in [1.82, 2.24) is 0 Å². The van der Waals surface area contributed by atoms with Crippen molar-refractivity contribution in [2.75, 3.05) is 47.5 Å². The van der Waals surface area contributed by atoms with E-state index in [0.29, 0.717) is 17.4 Å². The molecule has 0 spiro atoms. The third-order valence-corrected chi connectivity index (χ3v) is 16.3. The standard InChI is InChI=1S/C81H141NO8/c1-6-8-10-12-14-16-18-20-22-24-26-28-30-32-34-36-38-39-40-41-42-44-46-48-50-52-54-56-58-60-62-64-66-68-70-72-79(84)90-77(76-89-81(80(85)86)87-74-73-82(3,4)5)75-88-78(83)71-69-67-65-63-61-59-57-55-53-51-49-47-45-43-37-35-33-31-29-27-25-23-21-19-17-15-13-11-9-7-2/h8,10,14,16,20,22,26,28,32,34,38-39,41-42,46,48,52,54,77,81H,6-7,9,11-13,15,17-19,21,23-25,27,29-31,33,35-37,40,43-45,47,49-51,53,55-76H2,1-5H3/b10-8-,16-14-,22-20-,28-26-,34-32-,39-38-,42-41-,48-46-,54-52-. The summed E-state index contributed by atoms with van der Waals surface area (Å²) in [4.78, 5) is 37.5. The SMILES string of the molecule is CC/C=C\C/C=C\C/C=C\C/C=C\C/C=C\C/C=C\C/C=C\C/C=C\C/C=C\CCCCCCCCCC(=O)OC(COC(=O)CCCCCCCCCCCCCCCCCCCCCCCCCCCCCCCC)COC(OCC[N+](C)(C)C)C(=O)[O-]. The molecule has 0 aromatic heterocycles. The van der Waals surface area contributed by atoms with Crippen molar-refractivity contribution in [2.24, 2.45) is 0 Å². The number of unbranched alkanes of at least 4 members (excludes halogenated alkanes) is 36. The van der Waals surface area contributed by atoms with E-state index in [9.17, 15) is 19.5 Å². The van der Waals surface area contributed by atoms with Crippen LogP contribution in [0.3, 0.4) is 0 Å². The molecule has 0 aliphatic carbocycles. The highest BCUT2D eigenvalue weighted by Crippen LogP contribution is 2.18. The van der Waals surface area contributed by atoms with Crippen molar-refractivity contribution >= 4 is 17.9 Å².